The van der Waals surface area contributed by atoms with E-state index in [1.807, 2.05) is 60.7 Å². The zero-order valence-electron chi connectivity index (χ0n) is 24.2. The molecule has 0 radical (unpaired) electrons. The molecule has 2 N–H and O–H groups in total. The molecule has 6 aromatic rings. The van der Waals surface area contributed by atoms with E-state index in [1.165, 1.54) is 36.4 Å². The molecular weight excluding hydrogens is 589 g/mol. The number of carboxylic acids is 1. The smallest absolute Gasteiger partial charge is 0.321 e. The Balaban J connectivity index is 1.18. The minimum Gasteiger partial charge on any atom is -0.480 e. The molecule has 6 rings (SSSR count). The largest absolute Gasteiger partial charge is 0.480 e. The molecule has 0 aliphatic rings. The maximum Gasteiger partial charge on any atom is 0.321 e. The molecule has 1 aromatic heterocycles. The fraction of sp³-hybridized carbons (Fsp3) is 0.108. The van der Waals surface area contributed by atoms with Crippen molar-refractivity contribution in [3.8, 4) is 22.3 Å². The quantitative estimate of drug-likeness (QED) is 0.156. The van der Waals surface area contributed by atoms with Gasteiger partial charge in [0.05, 0.1) is 4.90 Å². The molecule has 1 heterocycles. The van der Waals surface area contributed by atoms with E-state index in [-0.39, 0.29) is 11.3 Å². The minimum absolute atomic E-state index is 0.0163. The van der Waals surface area contributed by atoms with Gasteiger partial charge in [-0.3, -0.25) is 10.1 Å². The van der Waals surface area contributed by atoms with Gasteiger partial charge in [-0.25, -0.2) is 12.8 Å². The summed E-state index contributed by atoms with van der Waals surface area (Å²) in [6.45, 7) is 0. The minimum atomic E-state index is -3.82. The molecule has 0 aliphatic carbocycles. The number of para-hydroxylation sites is 1. The molecular formula is C37H30FNO5S. The van der Waals surface area contributed by atoms with Crippen LogP contribution in [0.1, 0.15) is 16.9 Å². The topological polar surface area (TPSA) is 96.6 Å². The van der Waals surface area contributed by atoms with E-state index in [0.717, 1.165) is 44.5 Å². The number of benzene rings is 5. The molecule has 1 atom stereocenters. The molecule has 0 spiro atoms. The summed E-state index contributed by atoms with van der Waals surface area (Å²) in [7, 11) is -3.82. The molecule has 1 unspecified atom stereocenters. The zero-order chi connectivity index (χ0) is 31.4. The summed E-state index contributed by atoms with van der Waals surface area (Å²) >= 11 is 0. The van der Waals surface area contributed by atoms with Gasteiger partial charge in [-0.2, -0.15) is 0 Å². The number of fused-ring (bicyclic) bond motifs is 1. The van der Waals surface area contributed by atoms with Crippen LogP contribution in [0, 0.1) is 5.82 Å². The Morgan fingerprint density at radius 3 is 2.00 bits per heavy atom. The molecule has 0 fully saturated rings. The predicted molar refractivity (Wildman–Crippen MR) is 173 cm³/mol. The van der Waals surface area contributed by atoms with Crippen molar-refractivity contribution in [2.24, 2.45) is 0 Å². The van der Waals surface area contributed by atoms with Crippen molar-refractivity contribution < 1.29 is 27.1 Å². The van der Waals surface area contributed by atoms with E-state index in [9.17, 15) is 22.7 Å². The SMILES string of the molecule is O=C(O)C(Cc1ccc(F)cc1)NCS(=O)(=O)c1ccc(-c2ccc(-c3c(Cc4ccccc4)oc4ccccc34)cc2)cc1. The fourth-order valence-corrected chi connectivity index (χ4v) is 6.54. The van der Waals surface area contributed by atoms with E-state index in [1.54, 1.807) is 12.1 Å². The van der Waals surface area contributed by atoms with Crippen LogP contribution in [0.15, 0.2) is 137 Å². The molecule has 0 bridgehead atoms. The van der Waals surface area contributed by atoms with E-state index in [0.29, 0.717) is 12.0 Å². The van der Waals surface area contributed by atoms with Crippen LogP contribution in [-0.2, 0) is 27.5 Å². The van der Waals surface area contributed by atoms with Crippen LogP contribution in [0.2, 0.25) is 0 Å². The second-order valence-corrected chi connectivity index (χ2v) is 12.8. The average Bonchev–Trinajstić information content (AvgIpc) is 3.42. The standard InChI is InChI=1S/C37H30FNO5S/c38-30-18-10-26(11-19-30)22-33(37(40)41)39-24-45(42,43)31-20-16-28(17-21-31)27-12-14-29(15-13-27)36-32-8-4-5-9-34(32)44-35(36)23-25-6-2-1-3-7-25/h1-21,33,39H,22-24H2,(H,40,41). The fourth-order valence-electron chi connectivity index (χ4n) is 5.40. The maximum absolute atomic E-state index is 13.2. The highest BCUT2D eigenvalue weighted by atomic mass is 32.2. The second-order valence-electron chi connectivity index (χ2n) is 10.8. The first kappa shape index (κ1) is 30.0. The van der Waals surface area contributed by atoms with Crippen molar-refractivity contribution in [2.45, 2.75) is 23.8 Å². The van der Waals surface area contributed by atoms with E-state index < -0.39 is 33.5 Å². The van der Waals surface area contributed by atoms with Crippen molar-refractivity contribution >= 4 is 26.8 Å². The van der Waals surface area contributed by atoms with E-state index in [2.05, 4.69) is 23.5 Å². The van der Waals surface area contributed by atoms with Gasteiger partial charge in [0.2, 0.25) is 0 Å². The Kier molecular flexibility index (Phi) is 8.60. The van der Waals surface area contributed by atoms with Crippen LogP contribution in [0.4, 0.5) is 4.39 Å². The van der Waals surface area contributed by atoms with Crippen molar-refractivity contribution in [2.75, 3.05) is 5.88 Å². The Morgan fingerprint density at radius 1 is 0.733 bits per heavy atom. The Bertz CT molecular complexity index is 2040. The van der Waals surface area contributed by atoms with Crippen LogP contribution < -0.4 is 5.32 Å². The molecule has 6 nitrogen and oxygen atoms in total. The summed E-state index contributed by atoms with van der Waals surface area (Å²) < 4.78 is 45.6. The van der Waals surface area contributed by atoms with Gasteiger partial charge in [-0.1, -0.05) is 97.1 Å². The summed E-state index contributed by atoms with van der Waals surface area (Å²) in [6.07, 6.45) is 0.680. The van der Waals surface area contributed by atoms with Crippen LogP contribution in [-0.4, -0.2) is 31.4 Å². The Morgan fingerprint density at radius 2 is 1.33 bits per heavy atom. The van der Waals surface area contributed by atoms with Crippen molar-refractivity contribution in [3.63, 3.8) is 0 Å². The maximum atomic E-state index is 13.2. The number of sulfone groups is 1. The molecule has 0 saturated heterocycles. The molecule has 45 heavy (non-hydrogen) atoms. The first-order valence-corrected chi connectivity index (χ1v) is 16.1. The number of rotatable bonds is 11. The number of nitrogens with one attached hydrogen (secondary N) is 1. The number of hydrogen-bond acceptors (Lipinski definition) is 5. The highest BCUT2D eigenvalue weighted by Crippen LogP contribution is 2.37. The van der Waals surface area contributed by atoms with Crippen LogP contribution in [0.3, 0.4) is 0 Å². The van der Waals surface area contributed by atoms with Gasteiger partial charge in [0.25, 0.3) is 0 Å². The number of carbonyl (C=O) groups is 1. The molecule has 8 heteroatoms. The lowest BCUT2D eigenvalue weighted by Gasteiger charge is -2.15. The first-order chi connectivity index (χ1) is 21.8. The monoisotopic (exact) mass is 619 g/mol. The lowest BCUT2D eigenvalue weighted by atomic mass is 9.96. The Hall–Kier alpha value is -5.05. The number of carboxylic acid groups (broad SMARTS) is 1. The average molecular weight is 620 g/mol. The summed E-state index contributed by atoms with van der Waals surface area (Å²) in [6, 6.07) is 37.1. The third-order valence-electron chi connectivity index (χ3n) is 7.77. The zero-order valence-corrected chi connectivity index (χ0v) is 25.0. The third-order valence-corrected chi connectivity index (χ3v) is 9.30. The summed E-state index contributed by atoms with van der Waals surface area (Å²) in [4.78, 5) is 11.8. The molecule has 0 amide bonds. The number of furan rings is 1. The third kappa shape index (κ3) is 6.87. The summed E-state index contributed by atoms with van der Waals surface area (Å²) in [5.74, 6) is -1.28. The van der Waals surface area contributed by atoms with Crippen LogP contribution in [0.5, 0.6) is 0 Å². The number of aliphatic carboxylic acids is 1. The number of halogens is 1. The van der Waals surface area contributed by atoms with Crippen molar-refractivity contribution in [3.05, 3.63) is 150 Å². The highest BCUT2D eigenvalue weighted by Gasteiger charge is 2.22. The van der Waals surface area contributed by atoms with Crippen LogP contribution >= 0.6 is 0 Å². The first-order valence-electron chi connectivity index (χ1n) is 14.5. The lowest BCUT2D eigenvalue weighted by molar-refractivity contribution is -0.139. The van der Waals surface area contributed by atoms with Gasteiger partial charge in [0.15, 0.2) is 9.84 Å². The van der Waals surface area contributed by atoms with Gasteiger partial charge in [-0.05, 0) is 64.6 Å². The van der Waals surface area contributed by atoms with Crippen LogP contribution in [0.25, 0.3) is 33.2 Å². The molecule has 5 aromatic carbocycles. The van der Waals surface area contributed by atoms with Gasteiger partial charge >= 0.3 is 5.97 Å². The van der Waals surface area contributed by atoms with Gasteiger partial charge < -0.3 is 9.52 Å². The lowest BCUT2D eigenvalue weighted by Crippen LogP contribution is -2.41. The number of hydrogen-bond donors (Lipinski definition) is 2. The van der Waals surface area contributed by atoms with Gasteiger partial charge in [-0.15, -0.1) is 0 Å². The van der Waals surface area contributed by atoms with E-state index >= 15 is 0 Å². The summed E-state index contributed by atoms with van der Waals surface area (Å²) in [5.41, 5.74) is 6.41. The molecule has 0 saturated carbocycles. The second kappa shape index (κ2) is 12.9. The molecule has 226 valence electrons. The van der Waals surface area contributed by atoms with Crippen molar-refractivity contribution in [1.29, 1.82) is 0 Å². The van der Waals surface area contributed by atoms with Gasteiger partial charge in [0, 0.05) is 17.4 Å². The highest BCUT2D eigenvalue weighted by molar-refractivity contribution is 7.91. The predicted octanol–water partition coefficient (Wildman–Crippen LogP) is 7.51. The summed E-state index contributed by atoms with van der Waals surface area (Å²) in [5, 5.41) is 13.3. The van der Waals surface area contributed by atoms with E-state index in [4.69, 9.17) is 4.42 Å². The normalized spacial score (nSPS) is 12.3. The van der Waals surface area contributed by atoms with Crippen molar-refractivity contribution in [1.82, 2.24) is 5.32 Å². The Labute approximate surface area is 260 Å². The van der Waals surface area contributed by atoms with Gasteiger partial charge in [0.1, 0.15) is 29.1 Å². The molecule has 0 aliphatic heterocycles.